The molecular weight excluding hydrogens is 262 g/mol. The molecule has 0 unspecified atom stereocenters. The van der Waals surface area contributed by atoms with Crippen LogP contribution < -0.4 is 0 Å². The topological polar surface area (TPSA) is 42.2 Å². The summed E-state index contributed by atoms with van der Waals surface area (Å²) in [6.07, 6.45) is 2.17. The first-order valence-corrected chi connectivity index (χ1v) is 7.75. The fraction of sp³-hybridized carbons (Fsp3) is 0.500. The van der Waals surface area contributed by atoms with Gasteiger partial charge in [0.1, 0.15) is 0 Å². The molecule has 21 heavy (non-hydrogen) atoms. The van der Waals surface area contributed by atoms with Crippen molar-refractivity contribution in [1.29, 1.82) is 0 Å². The summed E-state index contributed by atoms with van der Waals surface area (Å²) in [5.74, 6) is -0.451. The highest BCUT2D eigenvalue weighted by Gasteiger charge is 2.21. The summed E-state index contributed by atoms with van der Waals surface area (Å²) < 4.78 is 2.21. The number of hydrogen-bond donors (Lipinski definition) is 1. The molecule has 1 aromatic heterocycles. The molecule has 0 amide bonds. The monoisotopic (exact) mass is 287 g/mol. The number of benzene rings is 1. The van der Waals surface area contributed by atoms with Crippen LogP contribution in [0.25, 0.3) is 10.9 Å². The molecule has 3 heteroatoms. The zero-order valence-corrected chi connectivity index (χ0v) is 13.7. The Balaban J connectivity index is 2.87. The van der Waals surface area contributed by atoms with Crippen LogP contribution >= 0.6 is 0 Å². The maximum Gasteiger partial charge on any atom is 0.337 e. The first-order chi connectivity index (χ1) is 9.88. The Morgan fingerprint density at radius 3 is 2.48 bits per heavy atom. The van der Waals surface area contributed by atoms with Gasteiger partial charge in [-0.2, -0.15) is 0 Å². The number of carboxylic acid groups (broad SMARTS) is 1. The summed E-state index contributed by atoms with van der Waals surface area (Å²) in [4.78, 5) is 11.7. The molecule has 114 valence electrons. The molecule has 0 atom stereocenters. The van der Waals surface area contributed by atoms with Gasteiger partial charge in [-0.1, -0.05) is 27.2 Å². The number of aromatic nitrogens is 1. The van der Waals surface area contributed by atoms with Gasteiger partial charge in [0.15, 0.2) is 0 Å². The number of hydrogen-bond acceptors (Lipinski definition) is 1. The maximum absolute atomic E-state index is 11.7. The van der Waals surface area contributed by atoms with Crippen molar-refractivity contribution >= 4 is 16.9 Å². The number of aromatic carboxylic acids is 1. The minimum absolute atomic E-state index is 0.388. The summed E-state index contributed by atoms with van der Waals surface area (Å²) in [5.41, 5.74) is 4.82. The van der Waals surface area contributed by atoms with E-state index in [1.165, 1.54) is 11.3 Å². The Kier molecular flexibility index (Phi) is 4.40. The van der Waals surface area contributed by atoms with Crippen molar-refractivity contribution in [2.75, 3.05) is 0 Å². The Bertz CT molecular complexity index is 680. The Labute approximate surface area is 126 Å². The van der Waals surface area contributed by atoms with Crippen molar-refractivity contribution in [2.24, 2.45) is 0 Å². The quantitative estimate of drug-likeness (QED) is 0.851. The van der Waals surface area contributed by atoms with Crippen LogP contribution in [0.15, 0.2) is 12.1 Å². The maximum atomic E-state index is 11.7. The van der Waals surface area contributed by atoms with Crippen LogP contribution in [0.5, 0.6) is 0 Å². The molecule has 2 aromatic rings. The molecule has 0 saturated carbocycles. The fourth-order valence-electron chi connectivity index (χ4n) is 3.27. The van der Waals surface area contributed by atoms with Gasteiger partial charge in [0.05, 0.1) is 11.1 Å². The highest BCUT2D eigenvalue weighted by atomic mass is 16.4. The molecule has 0 saturated heterocycles. The van der Waals surface area contributed by atoms with Crippen molar-refractivity contribution in [3.63, 3.8) is 0 Å². The van der Waals surface area contributed by atoms with Crippen molar-refractivity contribution in [1.82, 2.24) is 4.57 Å². The van der Waals surface area contributed by atoms with Gasteiger partial charge in [-0.3, -0.25) is 0 Å². The zero-order chi connectivity index (χ0) is 15.7. The van der Waals surface area contributed by atoms with E-state index < -0.39 is 5.97 Å². The average Bonchev–Trinajstić information content (AvgIpc) is 2.67. The lowest BCUT2D eigenvalue weighted by molar-refractivity contribution is 0.0698. The van der Waals surface area contributed by atoms with Crippen LogP contribution in [-0.4, -0.2) is 15.6 Å². The molecule has 0 fully saturated rings. The lowest BCUT2D eigenvalue weighted by atomic mass is 9.97. The van der Waals surface area contributed by atoms with E-state index in [0.717, 1.165) is 35.9 Å². The summed E-state index contributed by atoms with van der Waals surface area (Å²) in [6.45, 7) is 11.5. The predicted octanol–water partition coefficient (Wildman–Crippen LogP) is 4.88. The van der Waals surface area contributed by atoms with Gasteiger partial charge in [0, 0.05) is 17.6 Å². The summed E-state index contributed by atoms with van der Waals surface area (Å²) in [7, 11) is 0. The SMILES string of the molecule is CCCCn1c(C)c(C(C)C)c2cc(C)cc(C(=O)O)c21. The lowest BCUT2D eigenvalue weighted by Crippen LogP contribution is -2.06. The van der Waals surface area contributed by atoms with Crippen molar-refractivity contribution in [2.45, 2.75) is 59.9 Å². The normalized spacial score (nSPS) is 11.5. The van der Waals surface area contributed by atoms with Gasteiger partial charge < -0.3 is 9.67 Å². The Morgan fingerprint density at radius 2 is 1.95 bits per heavy atom. The Morgan fingerprint density at radius 1 is 1.29 bits per heavy atom. The first kappa shape index (κ1) is 15.6. The van der Waals surface area contributed by atoms with Crippen LogP contribution in [0.1, 0.15) is 66.7 Å². The number of carbonyl (C=O) groups is 1. The molecular formula is C18H25NO2. The van der Waals surface area contributed by atoms with Crippen molar-refractivity contribution in [3.8, 4) is 0 Å². The largest absolute Gasteiger partial charge is 0.478 e. The number of carboxylic acids is 1. The van der Waals surface area contributed by atoms with Crippen LogP contribution in [0.3, 0.4) is 0 Å². The highest BCUT2D eigenvalue weighted by molar-refractivity contribution is 6.04. The summed E-state index contributed by atoms with van der Waals surface area (Å²) in [5, 5.41) is 10.7. The molecule has 0 aliphatic heterocycles. The molecule has 0 radical (unpaired) electrons. The van der Waals surface area contributed by atoms with E-state index in [9.17, 15) is 9.90 Å². The van der Waals surface area contributed by atoms with Gasteiger partial charge in [-0.05, 0) is 49.4 Å². The molecule has 0 spiro atoms. The third-order valence-corrected chi connectivity index (χ3v) is 4.15. The second-order valence-electron chi connectivity index (χ2n) is 6.17. The molecule has 2 rings (SSSR count). The third-order valence-electron chi connectivity index (χ3n) is 4.15. The van der Waals surface area contributed by atoms with E-state index >= 15 is 0 Å². The van der Waals surface area contributed by atoms with Crippen molar-refractivity contribution in [3.05, 3.63) is 34.5 Å². The molecule has 0 aliphatic rings. The lowest BCUT2D eigenvalue weighted by Gasteiger charge is -2.10. The van der Waals surface area contributed by atoms with Gasteiger partial charge in [-0.15, -0.1) is 0 Å². The molecule has 1 aromatic carbocycles. The third kappa shape index (κ3) is 2.69. The first-order valence-electron chi connectivity index (χ1n) is 7.75. The molecule has 3 nitrogen and oxygen atoms in total. The molecule has 1 heterocycles. The number of rotatable bonds is 5. The van der Waals surface area contributed by atoms with Crippen LogP contribution in [0, 0.1) is 13.8 Å². The van der Waals surface area contributed by atoms with E-state index in [0.29, 0.717) is 11.5 Å². The highest BCUT2D eigenvalue weighted by Crippen LogP contribution is 2.34. The van der Waals surface area contributed by atoms with Gasteiger partial charge in [0.25, 0.3) is 0 Å². The number of aryl methyl sites for hydroxylation is 2. The van der Waals surface area contributed by atoms with E-state index in [2.05, 4.69) is 38.3 Å². The van der Waals surface area contributed by atoms with Gasteiger partial charge >= 0.3 is 5.97 Å². The second-order valence-corrected chi connectivity index (χ2v) is 6.17. The minimum Gasteiger partial charge on any atom is -0.478 e. The van der Waals surface area contributed by atoms with E-state index in [-0.39, 0.29) is 0 Å². The molecule has 0 bridgehead atoms. The average molecular weight is 287 g/mol. The van der Waals surface area contributed by atoms with E-state index in [1.807, 2.05) is 6.92 Å². The fourth-order valence-corrected chi connectivity index (χ4v) is 3.27. The number of nitrogens with zero attached hydrogens (tertiary/aromatic N) is 1. The standard InChI is InChI=1S/C18H25NO2/c1-6-7-8-19-13(5)16(11(2)3)14-9-12(4)10-15(17(14)19)18(20)21/h9-11H,6-8H2,1-5H3,(H,20,21). The zero-order valence-electron chi connectivity index (χ0n) is 13.7. The smallest absolute Gasteiger partial charge is 0.337 e. The van der Waals surface area contributed by atoms with Crippen LogP contribution in [0.4, 0.5) is 0 Å². The van der Waals surface area contributed by atoms with E-state index in [4.69, 9.17) is 0 Å². The van der Waals surface area contributed by atoms with E-state index in [1.54, 1.807) is 6.07 Å². The Hall–Kier alpha value is -1.77. The summed E-state index contributed by atoms with van der Waals surface area (Å²) in [6, 6.07) is 3.92. The van der Waals surface area contributed by atoms with Gasteiger partial charge in [-0.25, -0.2) is 4.79 Å². The van der Waals surface area contributed by atoms with Crippen LogP contribution in [-0.2, 0) is 6.54 Å². The van der Waals surface area contributed by atoms with Gasteiger partial charge in [0.2, 0.25) is 0 Å². The predicted molar refractivity (Wildman–Crippen MR) is 87.4 cm³/mol. The van der Waals surface area contributed by atoms with Crippen molar-refractivity contribution < 1.29 is 9.90 Å². The molecule has 1 N–H and O–H groups in total. The molecule has 0 aliphatic carbocycles. The minimum atomic E-state index is -0.839. The summed E-state index contributed by atoms with van der Waals surface area (Å²) >= 11 is 0. The van der Waals surface area contributed by atoms with Crippen LogP contribution in [0.2, 0.25) is 0 Å². The number of fused-ring (bicyclic) bond motifs is 1. The number of unbranched alkanes of at least 4 members (excludes halogenated alkanes) is 1. The second kappa shape index (κ2) is 5.92.